The number of hydrogen-bond acceptors (Lipinski definition) is 8. The second-order valence-electron chi connectivity index (χ2n) is 5.31. The molecule has 0 unspecified atom stereocenters. The number of aliphatic hydroxyl groups excluding tert-OH is 2. The number of rotatable bonds is 1. The van der Waals surface area contributed by atoms with Gasteiger partial charge in [0.05, 0.1) is 17.5 Å². The van der Waals surface area contributed by atoms with Crippen LogP contribution in [0.15, 0.2) is 15.8 Å². The summed E-state index contributed by atoms with van der Waals surface area (Å²) >= 11 is 1.31. The molecule has 2 rings (SSSR count). The fraction of sp³-hybridized carbons (Fsp3) is 0.556. The van der Waals surface area contributed by atoms with Crippen LogP contribution < -0.4 is 40.8 Å². The zero-order valence-corrected chi connectivity index (χ0v) is 21.6. The molecule has 18 nitrogen and oxygen atoms in total. The minimum absolute atomic E-state index is 0. The van der Waals surface area contributed by atoms with Crippen LogP contribution in [-0.2, 0) is 13.7 Å². The van der Waals surface area contributed by atoms with Crippen molar-refractivity contribution >= 4 is 35.2 Å². The Morgan fingerprint density at radius 1 is 0.844 bits per heavy atom. The van der Waals surface area contributed by atoms with Crippen molar-refractivity contribution in [1.82, 2.24) is 9.97 Å². The summed E-state index contributed by atoms with van der Waals surface area (Å²) in [6.45, 7) is 1.78. The first kappa shape index (κ1) is 36.8. The maximum Gasteiger partial charge on any atom is 1.00 e. The van der Waals surface area contributed by atoms with Crippen LogP contribution in [0.1, 0.15) is 19.2 Å². The number of aromatic amines is 2. The molecule has 0 aliphatic carbocycles. The van der Waals surface area contributed by atoms with Gasteiger partial charge >= 0.3 is 58.7 Å². The van der Waals surface area contributed by atoms with E-state index >= 15 is 0 Å². The van der Waals surface area contributed by atoms with E-state index in [2.05, 4.69) is 9.97 Å². The number of H-pyrrole nitrogens is 2. The second-order valence-corrected chi connectivity index (χ2v) is 9.91. The molecule has 0 aromatic carbocycles. The summed E-state index contributed by atoms with van der Waals surface area (Å²) in [5.74, 6) is 0. The van der Waals surface area contributed by atoms with E-state index in [1.165, 1.54) is 18.0 Å². The number of thioether (sulfide) groups is 1. The quantitative estimate of drug-likeness (QED) is 0.112. The van der Waals surface area contributed by atoms with Gasteiger partial charge in [-0.2, -0.15) is 0 Å². The molecule has 1 aliphatic rings. The number of nitrogens with one attached hydrogen (secondary N) is 2. The molecule has 0 bridgehead atoms. The van der Waals surface area contributed by atoms with E-state index in [4.69, 9.17) is 57.7 Å². The summed E-state index contributed by atoms with van der Waals surface area (Å²) in [5, 5.41) is 18.7. The van der Waals surface area contributed by atoms with E-state index in [-0.39, 0.29) is 41.8 Å². The van der Waals surface area contributed by atoms with Gasteiger partial charge in [0.15, 0.2) is 0 Å². The Morgan fingerprint density at radius 2 is 1.19 bits per heavy atom. The molecule has 1 aliphatic heterocycles. The van der Waals surface area contributed by atoms with Gasteiger partial charge in [-0.3, -0.25) is 9.78 Å². The van der Waals surface area contributed by atoms with Crippen molar-refractivity contribution in [3.63, 3.8) is 0 Å². The van der Waals surface area contributed by atoms with Crippen LogP contribution in [0.4, 0.5) is 0 Å². The predicted molar refractivity (Wildman–Crippen MR) is 103 cm³/mol. The van der Waals surface area contributed by atoms with Crippen LogP contribution in [0.2, 0.25) is 0 Å². The van der Waals surface area contributed by atoms with Gasteiger partial charge < -0.3 is 60.7 Å². The Kier molecular flexibility index (Phi) is 17.6. The average molecular weight is 562 g/mol. The summed E-state index contributed by atoms with van der Waals surface area (Å²) in [5.41, 5.74) is -0.832. The molecule has 1 aromatic rings. The third kappa shape index (κ3) is 23.4. The summed E-state index contributed by atoms with van der Waals surface area (Å²) in [7, 11) is -13.9. The van der Waals surface area contributed by atoms with Crippen LogP contribution in [0.25, 0.3) is 0 Å². The van der Waals surface area contributed by atoms with E-state index in [9.17, 15) is 19.8 Å². The zero-order valence-electron chi connectivity index (χ0n) is 17.1. The van der Waals surface area contributed by atoms with Crippen LogP contribution in [0.3, 0.4) is 0 Å². The molecular formula is C9H22N2NaO16P3S. The van der Waals surface area contributed by atoms with Crippen molar-refractivity contribution < 1.29 is 98.9 Å². The molecule has 32 heavy (non-hydrogen) atoms. The monoisotopic (exact) mass is 562 g/mol. The summed E-state index contributed by atoms with van der Waals surface area (Å²) in [4.78, 5) is 91.5. The van der Waals surface area contributed by atoms with E-state index in [0.29, 0.717) is 0 Å². The summed E-state index contributed by atoms with van der Waals surface area (Å²) in [6, 6.07) is 0. The van der Waals surface area contributed by atoms with Gasteiger partial charge in [0.25, 0.3) is 5.56 Å². The predicted octanol–water partition coefficient (Wildman–Crippen LogP) is -6.71. The fourth-order valence-electron chi connectivity index (χ4n) is 1.74. The van der Waals surface area contributed by atoms with Crippen LogP contribution in [0, 0.1) is 0 Å². The van der Waals surface area contributed by atoms with Gasteiger partial charge in [-0.05, 0) is 0 Å². The van der Waals surface area contributed by atoms with E-state index in [0.717, 1.165) is 0 Å². The van der Waals surface area contributed by atoms with E-state index < -0.39 is 52.2 Å². The molecule has 0 spiro atoms. The topological polar surface area (TPSA) is 339 Å². The van der Waals surface area contributed by atoms with Crippen LogP contribution in [-0.4, -0.2) is 81.7 Å². The largest absolute Gasteiger partial charge is 1.00 e. The molecule has 0 radical (unpaired) electrons. The van der Waals surface area contributed by atoms with Gasteiger partial charge in [0.2, 0.25) is 0 Å². The Morgan fingerprint density at radius 3 is 1.44 bits per heavy atom. The third-order valence-corrected chi connectivity index (χ3v) is 4.19. The third-order valence-electron chi connectivity index (χ3n) is 2.66. The molecular weight excluding hydrogens is 540 g/mol. The van der Waals surface area contributed by atoms with Gasteiger partial charge in [-0.25, -0.2) is 18.5 Å². The van der Waals surface area contributed by atoms with Crippen molar-refractivity contribution in [2.45, 2.75) is 29.6 Å². The summed E-state index contributed by atoms with van der Waals surface area (Å²) < 4.78 is 26.6. The normalized spacial score (nSPS) is 22.6. The average Bonchev–Trinajstić information content (AvgIpc) is 2.70. The van der Waals surface area contributed by atoms with E-state index in [1.807, 2.05) is 0 Å². The van der Waals surface area contributed by atoms with Gasteiger partial charge in [-0.1, -0.05) is 6.92 Å². The van der Waals surface area contributed by atoms with Crippen LogP contribution in [0.5, 0.6) is 0 Å². The summed E-state index contributed by atoms with van der Waals surface area (Å²) in [6.07, 6.45) is -0.569. The Bertz CT molecular complexity index is 871. The van der Waals surface area contributed by atoms with Crippen LogP contribution >= 0.6 is 35.2 Å². The Balaban J connectivity index is -0.000000207. The van der Waals surface area contributed by atoms with Crippen molar-refractivity contribution in [1.29, 1.82) is 0 Å². The van der Waals surface area contributed by atoms with Crippen molar-refractivity contribution in [2.24, 2.45) is 0 Å². The maximum absolute atomic E-state index is 11.5. The molecule has 186 valence electrons. The number of aromatic nitrogens is 2. The molecule has 2 heterocycles. The first-order chi connectivity index (χ1) is 13.5. The number of hydrogen-bond donors (Lipinski definition) is 13. The SMILES string of the molecule is C[C@H]1S[C@@H](c2c[nH]c(=O)[nH]c2=O)[C@H](O)[C@@H]1O.O=P(O)(O)O.O=P(O)(O)O.O=P(O)(O)O.[H-].[Na+]. The van der Waals surface area contributed by atoms with Crippen molar-refractivity contribution in [3.05, 3.63) is 32.6 Å². The molecule has 13 N–H and O–H groups in total. The van der Waals surface area contributed by atoms with E-state index in [1.54, 1.807) is 6.92 Å². The molecule has 23 heteroatoms. The molecule has 1 fully saturated rings. The Hall–Kier alpha value is 0.280. The fourth-order valence-corrected chi connectivity index (χ4v) is 3.17. The maximum atomic E-state index is 11.5. The first-order valence-electron chi connectivity index (χ1n) is 7.19. The minimum atomic E-state index is -4.64. The van der Waals surface area contributed by atoms with Gasteiger partial charge in [0, 0.05) is 17.0 Å². The molecule has 0 saturated carbocycles. The number of phosphoric acid groups is 3. The first-order valence-corrected chi connectivity index (χ1v) is 12.8. The zero-order chi connectivity index (χ0) is 25.4. The standard InChI is InChI=1S/C9H12N2O4S.Na.3H3O4P.H/c1-3-5(12)6(13)7(16-3)4-2-10-9(15)11-8(4)14;;3*1-5(2,3)4;/h2-3,5-7,12-13H,1H3,(H2,10,11,14,15);;3*(H3,1,2,3,4);/q;+1;;;;-1/t3-,5-,6-,7+;;;;;/m1...../s1. The van der Waals surface area contributed by atoms with Gasteiger partial charge in [-0.15, -0.1) is 11.8 Å². The number of aliphatic hydroxyl groups is 2. The molecule has 1 saturated heterocycles. The molecule has 0 amide bonds. The van der Waals surface area contributed by atoms with Crippen molar-refractivity contribution in [3.8, 4) is 0 Å². The smallest absolute Gasteiger partial charge is 1.00 e. The minimum Gasteiger partial charge on any atom is -1.00 e. The second kappa shape index (κ2) is 15.3. The van der Waals surface area contributed by atoms with Gasteiger partial charge in [0.1, 0.15) is 0 Å². The van der Waals surface area contributed by atoms with Crippen molar-refractivity contribution in [2.75, 3.05) is 0 Å². The molecule has 1 aromatic heterocycles. The molecule has 4 atom stereocenters. The Labute approximate surface area is 205 Å².